The molecule has 4 rings (SSSR count). The molecule has 138 valence electrons. The van der Waals surface area contributed by atoms with Crippen molar-refractivity contribution in [3.8, 4) is 5.75 Å². The molecule has 0 aliphatic carbocycles. The van der Waals surface area contributed by atoms with Crippen molar-refractivity contribution in [3.63, 3.8) is 0 Å². The number of aromatic nitrogens is 2. The number of hydrogen-bond donors (Lipinski definition) is 1. The molecule has 3 aromatic carbocycles. The zero-order valence-corrected chi connectivity index (χ0v) is 16.0. The first kappa shape index (κ1) is 18.1. The Morgan fingerprint density at radius 1 is 1.00 bits per heavy atom. The van der Waals surface area contributed by atoms with Gasteiger partial charge >= 0.3 is 5.97 Å². The molecule has 0 saturated carbocycles. The maximum absolute atomic E-state index is 13.0. The Kier molecular flexibility index (Phi) is 4.99. The van der Waals surface area contributed by atoms with E-state index in [0.717, 1.165) is 15.4 Å². The van der Waals surface area contributed by atoms with Crippen molar-refractivity contribution in [1.82, 2.24) is 9.97 Å². The van der Waals surface area contributed by atoms with Crippen molar-refractivity contribution in [2.45, 2.75) is 0 Å². The summed E-state index contributed by atoms with van der Waals surface area (Å²) < 4.78 is 19.3. The number of carbonyl (C=O) groups excluding carboxylic acids is 1. The summed E-state index contributed by atoms with van der Waals surface area (Å²) in [5, 5.41) is 4.07. The summed E-state index contributed by atoms with van der Waals surface area (Å²) in [4.78, 5) is 20.8. The van der Waals surface area contributed by atoms with E-state index >= 15 is 0 Å². The van der Waals surface area contributed by atoms with Crippen LogP contribution in [-0.2, 0) is 0 Å². The maximum atomic E-state index is 13.0. The van der Waals surface area contributed by atoms with Gasteiger partial charge in [-0.05, 0) is 54.6 Å². The van der Waals surface area contributed by atoms with E-state index in [1.807, 2.05) is 24.3 Å². The van der Waals surface area contributed by atoms with Gasteiger partial charge in [0.15, 0.2) is 0 Å². The second kappa shape index (κ2) is 7.74. The lowest BCUT2D eigenvalue weighted by Gasteiger charge is -2.10. The highest BCUT2D eigenvalue weighted by atomic mass is 79.9. The van der Waals surface area contributed by atoms with E-state index in [1.165, 1.54) is 30.6 Å². The lowest BCUT2D eigenvalue weighted by molar-refractivity contribution is 0.0735. The SMILES string of the molecule is O=C(Oc1cccc(Nc2ncnc3ccc(Br)cc23)c1)c1ccc(F)cc1. The minimum absolute atomic E-state index is 0.270. The largest absolute Gasteiger partial charge is 0.423 e. The number of hydrogen-bond acceptors (Lipinski definition) is 5. The number of halogens is 2. The maximum Gasteiger partial charge on any atom is 0.343 e. The quantitative estimate of drug-likeness (QED) is 0.337. The number of anilines is 2. The molecular formula is C21H13BrFN3O2. The minimum Gasteiger partial charge on any atom is -0.423 e. The summed E-state index contributed by atoms with van der Waals surface area (Å²) >= 11 is 3.45. The van der Waals surface area contributed by atoms with Gasteiger partial charge in [-0.2, -0.15) is 0 Å². The third kappa shape index (κ3) is 3.99. The second-order valence-electron chi connectivity index (χ2n) is 5.93. The number of benzene rings is 3. The molecule has 0 amide bonds. The van der Waals surface area contributed by atoms with Crippen molar-refractivity contribution >= 4 is 44.3 Å². The Morgan fingerprint density at radius 3 is 2.64 bits per heavy atom. The van der Waals surface area contributed by atoms with Crippen LogP contribution in [0.2, 0.25) is 0 Å². The van der Waals surface area contributed by atoms with Gasteiger partial charge in [0.2, 0.25) is 0 Å². The van der Waals surface area contributed by atoms with Gasteiger partial charge in [0.25, 0.3) is 0 Å². The highest BCUT2D eigenvalue weighted by molar-refractivity contribution is 9.10. The Hall–Kier alpha value is -3.32. The highest BCUT2D eigenvalue weighted by Crippen LogP contribution is 2.27. The molecule has 0 bridgehead atoms. The smallest absolute Gasteiger partial charge is 0.343 e. The standard InChI is InChI=1S/C21H13BrFN3O2/c22-14-6-9-19-18(10-14)20(25-12-24-19)26-16-2-1-3-17(11-16)28-21(27)13-4-7-15(23)8-5-13/h1-12H,(H,24,25,26). The average molecular weight is 438 g/mol. The predicted molar refractivity (Wildman–Crippen MR) is 108 cm³/mol. The summed E-state index contributed by atoms with van der Waals surface area (Å²) in [6, 6.07) is 17.9. The van der Waals surface area contributed by atoms with Crippen LogP contribution in [-0.4, -0.2) is 15.9 Å². The summed E-state index contributed by atoms with van der Waals surface area (Å²) in [5.74, 6) is 0.0206. The van der Waals surface area contributed by atoms with Crippen LogP contribution in [0, 0.1) is 5.82 Å². The van der Waals surface area contributed by atoms with E-state index in [1.54, 1.807) is 18.2 Å². The van der Waals surface area contributed by atoms with Crippen molar-refractivity contribution < 1.29 is 13.9 Å². The molecule has 28 heavy (non-hydrogen) atoms. The monoisotopic (exact) mass is 437 g/mol. The highest BCUT2D eigenvalue weighted by Gasteiger charge is 2.10. The zero-order chi connectivity index (χ0) is 19.5. The molecule has 1 N–H and O–H groups in total. The number of fused-ring (bicyclic) bond motifs is 1. The van der Waals surface area contributed by atoms with Gasteiger partial charge in [-0.3, -0.25) is 0 Å². The first-order valence-electron chi connectivity index (χ1n) is 8.33. The summed E-state index contributed by atoms with van der Waals surface area (Å²) in [6.07, 6.45) is 1.48. The number of carbonyl (C=O) groups is 1. The fraction of sp³-hybridized carbons (Fsp3) is 0. The number of esters is 1. The molecule has 5 nitrogen and oxygen atoms in total. The van der Waals surface area contributed by atoms with Crippen molar-refractivity contribution in [3.05, 3.63) is 88.9 Å². The van der Waals surface area contributed by atoms with E-state index < -0.39 is 11.8 Å². The topological polar surface area (TPSA) is 64.1 Å². The molecule has 0 spiro atoms. The zero-order valence-electron chi connectivity index (χ0n) is 14.4. The fourth-order valence-electron chi connectivity index (χ4n) is 2.65. The molecule has 0 aliphatic heterocycles. The van der Waals surface area contributed by atoms with Crippen LogP contribution >= 0.6 is 15.9 Å². The van der Waals surface area contributed by atoms with Crippen molar-refractivity contribution in [2.75, 3.05) is 5.32 Å². The van der Waals surface area contributed by atoms with Gasteiger partial charge < -0.3 is 10.1 Å². The van der Waals surface area contributed by atoms with Gasteiger partial charge in [0.1, 0.15) is 23.7 Å². The molecule has 1 aromatic heterocycles. The van der Waals surface area contributed by atoms with E-state index in [4.69, 9.17) is 4.74 Å². The van der Waals surface area contributed by atoms with E-state index in [0.29, 0.717) is 17.3 Å². The molecule has 0 unspecified atom stereocenters. The van der Waals surface area contributed by atoms with Gasteiger partial charge in [0, 0.05) is 21.6 Å². The van der Waals surface area contributed by atoms with Gasteiger partial charge in [-0.1, -0.05) is 22.0 Å². The molecule has 1 heterocycles. The number of ether oxygens (including phenoxy) is 1. The molecule has 0 atom stereocenters. The molecular weight excluding hydrogens is 425 g/mol. The van der Waals surface area contributed by atoms with Crippen LogP contribution in [0.4, 0.5) is 15.9 Å². The first-order chi connectivity index (χ1) is 13.6. The van der Waals surface area contributed by atoms with Crippen molar-refractivity contribution in [2.24, 2.45) is 0 Å². The molecule has 7 heteroatoms. The molecule has 0 radical (unpaired) electrons. The number of nitrogens with one attached hydrogen (secondary N) is 1. The second-order valence-corrected chi connectivity index (χ2v) is 6.85. The van der Waals surface area contributed by atoms with Crippen molar-refractivity contribution in [1.29, 1.82) is 0 Å². The van der Waals surface area contributed by atoms with E-state index in [9.17, 15) is 9.18 Å². The lowest BCUT2D eigenvalue weighted by Crippen LogP contribution is -2.08. The third-order valence-corrected chi connectivity index (χ3v) is 4.48. The molecule has 4 aromatic rings. The number of nitrogens with zero attached hydrogens (tertiary/aromatic N) is 2. The Morgan fingerprint density at radius 2 is 1.82 bits per heavy atom. The van der Waals surface area contributed by atoms with Crippen LogP contribution in [0.3, 0.4) is 0 Å². The Bertz CT molecular complexity index is 1170. The average Bonchev–Trinajstić information content (AvgIpc) is 2.69. The summed E-state index contributed by atoms with van der Waals surface area (Å²) in [7, 11) is 0. The molecule has 0 aliphatic rings. The van der Waals surface area contributed by atoms with Gasteiger partial charge in [-0.25, -0.2) is 19.2 Å². The van der Waals surface area contributed by atoms with Gasteiger partial charge in [0.05, 0.1) is 11.1 Å². The predicted octanol–water partition coefficient (Wildman–Crippen LogP) is 5.49. The minimum atomic E-state index is -0.562. The Balaban J connectivity index is 1.57. The van der Waals surface area contributed by atoms with Crippen LogP contribution in [0.25, 0.3) is 10.9 Å². The molecule has 0 fully saturated rings. The van der Waals surface area contributed by atoms with Gasteiger partial charge in [-0.15, -0.1) is 0 Å². The number of rotatable bonds is 4. The van der Waals surface area contributed by atoms with E-state index in [2.05, 4.69) is 31.2 Å². The van der Waals surface area contributed by atoms with E-state index in [-0.39, 0.29) is 5.56 Å². The van der Waals surface area contributed by atoms with Crippen LogP contribution in [0.15, 0.2) is 77.5 Å². The molecule has 0 saturated heterocycles. The Labute approximate surface area is 168 Å². The van der Waals surface area contributed by atoms with Crippen LogP contribution in [0.5, 0.6) is 5.75 Å². The summed E-state index contributed by atoms with van der Waals surface area (Å²) in [6.45, 7) is 0. The first-order valence-corrected chi connectivity index (χ1v) is 9.13. The van der Waals surface area contributed by atoms with Crippen LogP contribution in [0.1, 0.15) is 10.4 Å². The van der Waals surface area contributed by atoms with Crippen LogP contribution < -0.4 is 10.1 Å². The summed E-state index contributed by atoms with van der Waals surface area (Å²) in [5.41, 5.74) is 1.77. The third-order valence-electron chi connectivity index (χ3n) is 3.98. The lowest BCUT2D eigenvalue weighted by atomic mass is 10.2. The normalized spacial score (nSPS) is 10.6. The fourth-order valence-corrected chi connectivity index (χ4v) is 3.02.